The number of benzene rings is 1. The summed E-state index contributed by atoms with van der Waals surface area (Å²) in [5.41, 5.74) is 6.63. The summed E-state index contributed by atoms with van der Waals surface area (Å²) in [5.74, 6) is -0.865. The van der Waals surface area contributed by atoms with Gasteiger partial charge in [-0.3, -0.25) is 9.59 Å². The number of ether oxygens (including phenoxy) is 1. The van der Waals surface area contributed by atoms with Crippen molar-refractivity contribution in [2.45, 2.75) is 37.2 Å². The number of hydrogen-bond acceptors (Lipinski definition) is 5. The van der Waals surface area contributed by atoms with Gasteiger partial charge in [0.05, 0.1) is 19.6 Å². The molecule has 3 unspecified atom stereocenters. The Labute approximate surface area is 148 Å². The third-order valence-electron chi connectivity index (χ3n) is 3.64. The predicted octanol–water partition coefficient (Wildman–Crippen LogP) is 2.53. The van der Waals surface area contributed by atoms with Gasteiger partial charge in [-0.05, 0) is 30.9 Å². The van der Waals surface area contributed by atoms with Crippen molar-refractivity contribution in [3.8, 4) is 0 Å². The number of esters is 1. The Hall–Kier alpha value is -1.24. The third-order valence-corrected chi connectivity index (χ3v) is 4.38. The smallest absolute Gasteiger partial charge is 0.307 e. The van der Waals surface area contributed by atoms with Crippen LogP contribution in [0.4, 0.5) is 0 Å². The summed E-state index contributed by atoms with van der Waals surface area (Å²) in [4.78, 5) is 24.9. The van der Waals surface area contributed by atoms with Crippen LogP contribution in [0, 0.1) is 5.92 Å². The van der Waals surface area contributed by atoms with Crippen LogP contribution in [-0.2, 0) is 14.3 Å². The van der Waals surface area contributed by atoms with Gasteiger partial charge in [0.2, 0.25) is 5.91 Å². The highest BCUT2D eigenvalue weighted by atomic mass is 35.5. The van der Waals surface area contributed by atoms with E-state index in [1.165, 1.54) is 7.11 Å². The molecule has 0 aromatic heterocycles. The average molecular weight is 361 g/mol. The maximum atomic E-state index is 12.2. The summed E-state index contributed by atoms with van der Waals surface area (Å²) in [6.07, 6.45) is 2.08. The second-order valence-electron chi connectivity index (χ2n) is 5.26. The van der Waals surface area contributed by atoms with E-state index in [1.807, 2.05) is 30.5 Å². The summed E-state index contributed by atoms with van der Waals surface area (Å²) in [7, 11) is 1.34. The van der Waals surface area contributed by atoms with E-state index in [9.17, 15) is 9.59 Å². The van der Waals surface area contributed by atoms with Crippen molar-refractivity contribution in [1.82, 2.24) is 5.32 Å². The van der Waals surface area contributed by atoms with Crippen molar-refractivity contribution in [2.24, 2.45) is 11.7 Å². The Morgan fingerprint density at radius 3 is 2.26 bits per heavy atom. The van der Waals surface area contributed by atoms with Crippen LogP contribution >= 0.6 is 24.2 Å². The summed E-state index contributed by atoms with van der Waals surface area (Å²) >= 11 is 1.63. The molecule has 0 heterocycles. The summed E-state index contributed by atoms with van der Waals surface area (Å²) < 4.78 is 4.72. The molecule has 1 aromatic rings. The zero-order chi connectivity index (χ0) is 16.7. The summed E-state index contributed by atoms with van der Waals surface area (Å²) in [6, 6.07) is 7.08. The van der Waals surface area contributed by atoms with E-state index < -0.39 is 6.04 Å². The second-order valence-corrected chi connectivity index (χ2v) is 6.14. The number of amides is 1. The number of carbonyl (C=O) groups excluding carboxylic acids is 2. The SMILES string of the molecule is COC(=O)CC(NC(=O)C(C)C(C)N)c1ccc(SC)cc1.Cl. The van der Waals surface area contributed by atoms with Crippen LogP contribution in [0.25, 0.3) is 0 Å². The first-order valence-corrected chi connectivity index (χ1v) is 8.38. The Bertz CT molecular complexity index is 509. The molecule has 0 aliphatic carbocycles. The molecule has 1 amide bonds. The van der Waals surface area contributed by atoms with E-state index in [0.29, 0.717) is 0 Å². The molecule has 0 fully saturated rings. The van der Waals surface area contributed by atoms with Gasteiger partial charge in [-0.2, -0.15) is 0 Å². The zero-order valence-corrected chi connectivity index (χ0v) is 15.5. The molecule has 0 saturated heterocycles. The molecule has 3 atom stereocenters. The highest BCUT2D eigenvalue weighted by Crippen LogP contribution is 2.22. The molecular weight excluding hydrogens is 336 g/mol. The number of halogens is 1. The lowest BCUT2D eigenvalue weighted by molar-refractivity contribution is -0.141. The number of carbonyl (C=O) groups is 2. The first kappa shape index (κ1) is 21.8. The van der Waals surface area contributed by atoms with E-state index >= 15 is 0 Å². The number of nitrogens with one attached hydrogen (secondary N) is 1. The predicted molar refractivity (Wildman–Crippen MR) is 95.8 cm³/mol. The van der Waals surface area contributed by atoms with Gasteiger partial charge in [-0.1, -0.05) is 19.1 Å². The van der Waals surface area contributed by atoms with Crippen molar-refractivity contribution in [3.05, 3.63) is 29.8 Å². The molecule has 0 bridgehead atoms. The average Bonchev–Trinajstić information content (AvgIpc) is 2.53. The van der Waals surface area contributed by atoms with Gasteiger partial charge in [0, 0.05) is 16.9 Å². The van der Waals surface area contributed by atoms with Gasteiger partial charge < -0.3 is 15.8 Å². The molecule has 1 rings (SSSR count). The Balaban J connectivity index is 0.00000484. The molecule has 0 aliphatic rings. The topological polar surface area (TPSA) is 81.4 Å². The van der Waals surface area contributed by atoms with Gasteiger partial charge in [0.15, 0.2) is 0 Å². The molecule has 1 aromatic carbocycles. The van der Waals surface area contributed by atoms with Crippen LogP contribution in [0.2, 0.25) is 0 Å². The monoisotopic (exact) mass is 360 g/mol. The summed E-state index contributed by atoms with van der Waals surface area (Å²) in [6.45, 7) is 3.55. The van der Waals surface area contributed by atoms with E-state index in [-0.39, 0.29) is 42.7 Å². The molecule has 0 radical (unpaired) electrons. The van der Waals surface area contributed by atoms with Crippen LogP contribution in [0.5, 0.6) is 0 Å². The molecule has 5 nitrogen and oxygen atoms in total. The molecule has 0 spiro atoms. The number of thioether (sulfide) groups is 1. The molecule has 3 N–H and O–H groups in total. The normalized spacial score (nSPS) is 14.1. The van der Waals surface area contributed by atoms with Gasteiger partial charge in [0.25, 0.3) is 0 Å². The quantitative estimate of drug-likeness (QED) is 0.576. The fourth-order valence-electron chi connectivity index (χ4n) is 1.88. The van der Waals surface area contributed by atoms with Crippen LogP contribution in [0.3, 0.4) is 0 Å². The number of methoxy groups -OCH3 is 1. The van der Waals surface area contributed by atoms with Crippen molar-refractivity contribution in [2.75, 3.05) is 13.4 Å². The standard InChI is InChI=1S/C16H24N2O3S.ClH/c1-10(11(2)17)16(20)18-14(9-15(19)21-3)12-5-7-13(22-4)8-6-12;/h5-8,10-11,14H,9,17H2,1-4H3,(H,18,20);1H. The Morgan fingerprint density at radius 1 is 1.26 bits per heavy atom. The minimum absolute atomic E-state index is 0. The molecular formula is C16H25ClN2O3S. The minimum Gasteiger partial charge on any atom is -0.469 e. The van der Waals surface area contributed by atoms with Gasteiger partial charge >= 0.3 is 5.97 Å². The van der Waals surface area contributed by atoms with Crippen LogP contribution in [0.1, 0.15) is 31.9 Å². The van der Waals surface area contributed by atoms with Crippen molar-refractivity contribution >= 4 is 36.0 Å². The number of rotatable bonds is 7. The zero-order valence-electron chi connectivity index (χ0n) is 13.9. The van der Waals surface area contributed by atoms with Gasteiger partial charge in [-0.15, -0.1) is 24.2 Å². The van der Waals surface area contributed by atoms with E-state index in [2.05, 4.69) is 5.32 Å². The van der Waals surface area contributed by atoms with Crippen LogP contribution in [-0.4, -0.2) is 31.3 Å². The molecule has 0 aliphatic heterocycles. The lowest BCUT2D eigenvalue weighted by atomic mass is 10.00. The molecule has 7 heteroatoms. The maximum Gasteiger partial charge on any atom is 0.307 e. The van der Waals surface area contributed by atoms with E-state index in [1.54, 1.807) is 25.6 Å². The first-order valence-electron chi connectivity index (χ1n) is 7.15. The van der Waals surface area contributed by atoms with E-state index in [0.717, 1.165) is 10.5 Å². The lowest BCUT2D eigenvalue weighted by Crippen LogP contribution is -2.40. The Kier molecular flexibility index (Phi) is 9.95. The van der Waals surface area contributed by atoms with Gasteiger partial charge in [0.1, 0.15) is 0 Å². The third kappa shape index (κ3) is 6.81. The van der Waals surface area contributed by atoms with Crippen LogP contribution < -0.4 is 11.1 Å². The largest absolute Gasteiger partial charge is 0.469 e. The number of nitrogens with two attached hydrogens (primary N) is 1. The number of hydrogen-bond donors (Lipinski definition) is 2. The van der Waals surface area contributed by atoms with Crippen molar-refractivity contribution in [3.63, 3.8) is 0 Å². The summed E-state index contributed by atoms with van der Waals surface area (Å²) in [5, 5.41) is 2.89. The molecule has 23 heavy (non-hydrogen) atoms. The van der Waals surface area contributed by atoms with Crippen LogP contribution in [0.15, 0.2) is 29.2 Å². The Morgan fingerprint density at radius 2 is 1.83 bits per heavy atom. The second kappa shape index (κ2) is 10.5. The first-order chi connectivity index (χ1) is 10.4. The highest BCUT2D eigenvalue weighted by molar-refractivity contribution is 7.98. The maximum absolute atomic E-state index is 12.2. The lowest BCUT2D eigenvalue weighted by Gasteiger charge is -2.22. The highest BCUT2D eigenvalue weighted by Gasteiger charge is 2.23. The fraction of sp³-hybridized carbons (Fsp3) is 0.500. The molecule has 130 valence electrons. The molecule has 0 saturated carbocycles. The van der Waals surface area contributed by atoms with Gasteiger partial charge in [-0.25, -0.2) is 0 Å². The van der Waals surface area contributed by atoms with Crippen molar-refractivity contribution in [1.29, 1.82) is 0 Å². The minimum atomic E-state index is -0.419. The fourth-order valence-corrected chi connectivity index (χ4v) is 2.29. The van der Waals surface area contributed by atoms with Crippen molar-refractivity contribution < 1.29 is 14.3 Å². The van der Waals surface area contributed by atoms with E-state index in [4.69, 9.17) is 10.5 Å².